The van der Waals surface area contributed by atoms with Gasteiger partial charge in [-0.2, -0.15) is 0 Å². The lowest BCUT2D eigenvalue weighted by Gasteiger charge is -2.57. The van der Waals surface area contributed by atoms with Crippen molar-refractivity contribution >= 4 is 28.6 Å². The molecule has 7 aliphatic rings. The van der Waals surface area contributed by atoms with Gasteiger partial charge < -0.3 is 5.11 Å². The van der Waals surface area contributed by atoms with Crippen molar-refractivity contribution in [1.82, 2.24) is 4.90 Å². The fourth-order valence-electron chi connectivity index (χ4n) is 7.97. The number of imide groups is 1. The number of carbonyl (C=O) groups is 2. The summed E-state index contributed by atoms with van der Waals surface area (Å²) in [5, 5.41) is 22.2. The lowest BCUT2D eigenvalue weighted by atomic mass is 9.48. The van der Waals surface area contributed by atoms with Crippen molar-refractivity contribution in [3.05, 3.63) is 57.6 Å². The maximum atomic E-state index is 12.1. The van der Waals surface area contributed by atoms with Crippen LogP contribution < -0.4 is 0 Å². The largest absolute Gasteiger partial charge is 0.508 e. The van der Waals surface area contributed by atoms with Crippen molar-refractivity contribution in [2.45, 2.75) is 55.2 Å². The molecule has 0 aromatic heterocycles. The molecule has 9 rings (SSSR count). The van der Waals surface area contributed by atoms with Gasteiger partial charge in [-0.15, -0.1) is 0 Å². The Hall–Kier alpha value is -2.87. The van der Waals surface area contributed by atoms with Gasteiger partial charge in [-0.3, -0.25) is 24.6 Å². The van der Waals surface area contributed by atoms with Crippen LogP contribution >= 0.6 is 11.8 Å². The lowest BCUT2D eigenvalue weighted by molar-refractivity contribution is -0.384. The number of nitro groups is 1. The van der Waals surface area contributed by atoms with Crippen LogP contribution in [0.3, 0.4) is 0 Å². The molecule has 2 aromatic rings. The number of carbonyl (C=O) groups excluding carboxylic acids is 2. The zero-order valence-corrected chi connectivity index (χ0v) is 19.3. The third kappa shape index (κ3) is 2.72. The Morgan fingerprint density at radius 1 is 1.00 bits per heavy atom. The van der Waals surface area contributed by atoms with Crippen LogP contribution in [0.4, 0.5) is 10.5 Å². The molecule has 0 spiro atoms. The second kappa shape index (κ2) is 6.84. The Morgan fingerprint density at radius 3 is 2.24 bits per heavy atom. The molecular formula is C26H24N2O5S. The lowest BCUT2D eigenvalue weighted by Crippen LogP contribution is -2.50. The summed E-state index contributed by atoms with van der Waals surface area (Å²) in [5.74, 6) is 2.24. The molecule has 6 bridgehead atoms. The van der Waals surface area contributed by atoms with E-state index in [1.54, 1.807) is 24.3 Å². The molecule has 1 N–H and O–H groups in total. The Labute approximate surface area is 200 Å². The van der Waals surface area contributed by atoms with E-state index in [0.717, 1.165) is 59.9 Å². The fourth-order valence-corrected chi connectivity index (χ4v) is 9.12. The molecule has 8 heteroatoms. The summed E-state index contributed by atoms with van der Waals surface area (Å²) in [6.07, 6.45) is 7.18. The van der Waals surface area contributed by atoms with Crippen LogP contribution in [0.15, 0.2) is 36.4 Å². The summed E-state index contributed by atoms with van der Waals surface area (Å²) in [6, 6.07) is 10.00. The third-order valence-electron chi connectivity index (χ3n) is 8.95. The quantitative estimate of drug-likeness (QED) is 0.353. The van der Waals surface area contributed by atoms with Gasteiger partial charge in [-0.25, -0.2) is 0 Å². The van der Waals surface area contributed by atoms with E-state index in [1.165, 1.54) is 30.2 Å². The molecule has 7 nitrogen and oxygen atoms in total. The normalized spacial score (nSPS) is 35.1. The van der Waals surface area contributed by atoms with Crippen LogP contribution in [0.5, 0.6) is 5.75 Å². The van der Waals surface area contributed by atoms with E-state index in [9.17, 15) is 24.8 Å². The third-order valence-corrected chi connectivity index (χ3v) is 10.1. The molecule has 3 heterocycles. The monoisotopic (exact) mass is 476 g/mol. The minimum absolute atomic E-state index is 0.0279. The highest BCUT2D eigenvalue weighted by Crippen LogP contribution is 2.62. The van der Waals surface area contributed by atoms with Gasteiger partial charge in [0.15, 0.2) is 0 Å². The van der Waals surface area contributed by atoms with Gasteiger partial charge in [-0.1, -0.05) is 12.1 Å². The molecular weight excluding hydrogens is 452 g/mol. The van der Waals surface area contributed by atoms with Gasteiger partial charge in [0.25, 0.3) is 10.9 Å². The van der Waals surface area contributed by atoms with Gasteiger partial charge in [0.2, 0.25) is 5.91 Å². The minimum atomic E-state index is -0.477. The topological polar surface area (TPSA) is 101 Å². The number of aromatic hydroxyl groups is 1. The number of phenols is 1. The number of fused-ring (bicyclic) bond motifs is 1. The number of rotatable bonds is 4. The first-order valence-corrected chi connectivity index (χ1v) is 12.9. The van der Waals surface area contributed by atoms with Crippen LogP contribution in [0.1, 0.15) is 55.7 Å². The Kier molecular flexibility index (Phi) is 4.12. The molecule has 174 valence electrons. The first-order chi connectivity index (χ1) is 16.3. The van der Waals surface area contributed by atoms with Crippen molar-refractivity contribution < 1.29 is 19.6 Å². The molecule has 7 fully saturated rings. The molecule has 2 atom stereocenters. The van der Waals surface area contributed by atoms with E-state index in [-0.39, 0.29) is 28.0 Å². The van der Waals surface area contributed by atoms with Crippen LogP contribution in [-0.2, 0) is 10.2 Å². The van der Waals surface area contributed by atoms with Crippen LogP contribution in [0.2, 0.25) is 0 Å². The number of phenolic OH excluding ortho intramolecular Hbond substituents is 1. The minimum Gasteiger partial charge on any atom is -0.508 e. The summed E-state index contributed by atoms with van der Waals surface area (Å²) in [7, 11) is 0. The molecule has 34 heavy (non-hydrogen) atoms. The number of nitro benzene ring substituents is 1. The van der Waals surface area contributed by atoms with E-state index in [2.05, 4.69) is 0 Å². The maximum Gasteiger partial charge on any atom is 0.289 e. The van der Waals surface area contributed by atoms with Crippen LogP contribution in [-0.4, -0.2) is 31.3 Å². The number of thioether (sulfide) groups is 1. The molecule has 2 amide bonds. The Bertz CT molecular complexity index is 1250. The van der Waals surface area contributed by atoms with E-state index in [4.69, 9.17) is 0 Å². The van der Waals surface area contributed by atoms with Gasteiger partial charge in [0, 0.05) is 11.6 Å². The predicted molar refractivity (Wildman–Crippen MR) is 126 cm³/mol. The second-order valence-electron chi connectivity index (χ2n) is 10.9. The summed E-state index contributed by atoms with van der Waals surface area (Å²) in [5.41, 5.74) is 2.69. The second-order valence-corrected chi connectivity index (χ2v) is 12.0. The number of amides is 2. The highest BCUT2D eigenvalue weighted by molar-refractivity contribution is 8.15. The van der Waals surface area contributed by atoms with Gasteiger partial charge in [-0.05, 0) is 103 Å². The number of benzene rings is 2. The number of β-lactam (4-membered cyclic amide) rings is 1. The SMILES string of the molecule is O=C1SC2C(=O)N1C2c1ccc(-c2ccc(O)c(C34CC5CC(CC(C5)C3)C4)c2)c([N+](=O)[O-])c1. The van der Waals surface area contributed by atoms with E-state index in [1.807, 2.05) is 6.07 Å². The number of hydrogen-bond acceptors (Lipinski definition) is 6. The van der Waals surface area contributed by atoms with Crippen molar-refractivity contribution in [1.29, 1.82) is 0 Å². The van der Waals surface area contributed by atoms with E-state index < -0.39 is 16.2 Å². The first kappa shape index (κ1) is 20.5. The van der Waals surface area contributed by atoms with Crippen LogP contribution in [0, 0.1) is 27.9 Å². The molecule has 4 aliphatic carbocycles. The standard InChI is InChI=1S/C26H24N2O5S/c29-21-4-2-16(8-19(21)26-10-13-5-14(11-26)7-15(6-13)12-26)18-3-1-17(9-20(18)28(32)33)22-23-24(30)27(22)25(31)34-23/h1-4,8-9,13-15,22-23,29H,5-7,10-12H2. The van der Waals surface area contributed by atoms with Crippen molar-refractivity contribution in [2.24, 2.45) is 17.8 Å². The number of hydrogen-bond donors (Lipinski definition) is 1. The summed E-state index contributed by atoms with van der Waals surface area (Å²) in [6.45, 7) is 0. The van der Waals surface area contributed by atoms with Crippen molar-refractivity contribution in [3.8, 4) is 16.9 Å². The molecule has 4 saturated carbocycles. The van der Waals surface area contributed by atoms with E-state index >= 15 is 0 Å². The molecule has 3 saturated heterocycles. The van der Waals surface area contributed by atoms with Crippen molar-refractivity contribution in [3.63, 3.8) is 0 Å². The predicted octanol–water partition coefficient (Wildman–Crippen LogP) is 5.55. The Morgan fingerprint density at radius 2 is 1.68 bits per heavy atom. The molecule has 3 aliphatic heterocycles. The average Bonchev–Trinajstić information content (AvgIpc) is 3.30. The highest BCUT2D eigenvalue weighted by Gasteiger charge is 2.60. The maximum absolute atomic E-state index is 12.1. The summed E-state index contributed by atoms with van der Waals surface area (Å²) >= 11 is 0.991. The fraction of sp³-hybridized carbons (Fsp3) is 0.462. The van der Waals surface area contributed by atoms with E-state index in [0.29, 0.717) is 11.1 Å². The first-order valence-electron chi connectivity index (χ1n) is 12.0. The summed E-state index contributed by atoms with van der Waals surface area (Å²) in [4.78, 5) is 36.8. The van der Waals surface area contributed by atoms with Crippen molar-refractivity contribution in [2.75, 3.05) is 0 Å². The molecule has 2 unspecified atom stereocenters. The van der Waals surface area contributed by atoms with Gasteiger partial charge >= 0.3 is 0 Å². The average molecular weight is 477 g/mol. The molecule has 2 aromatic carbocycles. The van der Waals surface area contributed by atoms with Gasteiger partial charge in [0.1, 0.15) is 11.0 Å². The highest BCUT2D eigenvalue weighted by atomic mass is 32.2. The molecule has 0 radical (unpaired) electrons. The van der Waals surface area contributed by atoms with Gasteiger partial charge in [0.05, 0.1) is 16.5 Å². The zero-order chi connectivity index (χ0) is 23.4. The van der Waals surface area contributed by atoms with Crippen LogP contribution in [0.25, 0.3) is 11.1 Å². The smallest absolute Gasteiger partial charge is 0.289 e. The Balaban J connectivity index is 1.29. The number of nitrogens with zero attached hydrogens (tertiary/aromatic N) is 2. The zero-order valence-electron chi connectivity index (χ0n) is 18.5. The summed E-state index contributed by atoms with van der Waals surface area (Å²) < 4.78 is 0.